The van der Waals surface area contributed by atoms with Gasteiger partial charge in [0, 0.05) is 16.9 Å². The van der Waals surface area contributed by atoms with Gasteiger partial charge in [-0.05, 0) is 74.7 Å². The molecule has 0 aromatic heterocycles. The number of carbonyl (C=O) groups is 3. The zero-order valence-electron chi connectivity index (χ0n) is 19.3. The fourth-order valence-electron chi connectivity index (χ4n) is 3.82. The summed E-state index contributed by atoms with van der Waals surface area (Å²) in [7, 11) is 0. The fraction of sp³-hybridized carbons (Fsp3) is 0.148. The van der Waals surface area contributed by atoms with Crippen molar-refractivity contribution >= 4 is 46.4 Å². The second-order valence-corrected chi connectivity index (χ2v) is 8.78. The van der Waals surface area contributed by atoms with E-state index in [9.17, 15) is 14.4 Å². The number of hydrogen-bond donors (Lipinski definition) is 2. The van der Waals surface area contributed by atoms with Gasteiger partial charge in [0.05, 0.1) is 5.69 Å². The third-order valence-corrected chi connectivity index (χ3v) is 6.01. The Morgan fingerprint density at radius 3 is 2.26 bits per heavy atom. The van der Waals surface area contributed by atoms with Crippen LogP contribution in [0.25, 0.3) is 0 Å². The molecule has 3 amide bonds. The minimum absolute atomic E-state index is 0.0282. The molecule has 1 aliphatic rings. The Labute approximate surface area is 203 Å². The summed E-state index contributed by atoms with van der Waals surface area (Å²) >= 11 is 6.28. The normalized spacial score (nSPS) is 13.5. The van der Waals surface area contributed by atoms with Gasteiger partial charge >= 0.3 is 0 Å². The summed E-state index contributed by atoms with van der Waals surface area (Å²) in [5.74, 6) is -1.43. The Morgan fingerprint density at radius 1 is 0.824 bits per heavy atom. The lowest BCUT2D eigenvalue weighted by atomic mass is 10.1. The molecule has 172 valence electrons. The van der Waals surface area contributed by atoms with Crippen molar-refractivity contribution in [1.29, 1.82) is 0 Å². The van der Waals surface area contributed by atoms with Crippen LogP contribution in [0, 0.1) is 27.7 Å². The highest BCUT2D eigenvalue weighted by Crippen LogP contribution is 2.32. The number of carbonyl (C=O) groups excluding carboxylic acids is 3. The predicted molar refractivity (Wildman–Crippen MR) is 135 cm³/mol. The second kappa shape index (κ2) is 9.15. The standard InChI is InChI=1S/C27H24ClN3O3/c1-15-9-11-21(18(4)12-15)30-25(32)19-6-5-7-20(14-19)29-24-23(28)26(33)31(27(24)34)22-13-16(2)8-10-17(22)3/h5-14,29H,1-4H3,(H,30,32). The van der Waals surface area contributed by atoms with Gasteiger partial charge in [-0.3, -0.25) is 14.4 Å². The number of anilines is 3. The van der Waals surface area contributed by atoms with Gasteiger partial charge in [0.1, 0.15) is 10.7 Å². The summed E-state index contributed by atoms with van der Waals surface area (Å²) in [6.07, 6.45) is 0. The number of halogens is 1. The van der Waals surface area contributed by atoms with Gasteiger partial charge in [-0.15, -0.1) is 0 Å². The van der Waals surface area contributed by atoms with Gasteiger partial charge in [0.15, 0.2) is 0 Å². The van der Waals surface area contributed by atoms with E-state index in [1.54, 1.807) is 30.3 Å². The number of hydrogen-bond acceptors (Lipinski definition) is 4. The molecule has 0 atom stereocenters. The molecule has 0 spiro atoms. The number of imide groups is 1. The zero-order valence-corrected chi connectivity index (χ0v) is 20.1. The Morgan fingerprint density at radius 2 is 1.53 bits per heavy atom. The average molecular weight is 474 g/mol. The number of aryl methyl sites for hydroxylation is 4. The molecule has 7 heteroatoms. The number of benzene rings is 3. The van der Waals surface area contributed by atoms with E-state index in [1.165, 1.54) is 0 Å². The maximum absolute atomic E-state index is 13.1. The van der Waals surface area contributed by atoms with Crippen molar-refractivity contribution < 1.29 is 14.4 Å². The van der Waals surface area contributed by atoms with E-state index < -0.39 is 11.8 Å². The molecule has 0 saturated heterocycles. The number of nitrogens with zero attached hydrogens (tertiary/aromatic N) is 1. The van der Waals surface area contributed by atoms with E-state index in [1.807, 2.05) is 58.0 Å². The molecule has 4 rings (SSSR count). The quantitative estimate of drug-likeness (QED) is 0.472. The van der Waals surface area contributed by atoms with Crippen molar-refractivity contribution in [3.8, 4) is 0 Å². The topological polar surface area (TPSA) is 78.5 Å². The first-order valence-electron chi connectivity index (χ1n) is 10.8. The summed E-state index contributed by atoms with van der Waals surface area (Å²) in [6, 6.07) is 18.0. The van der Waals surface area contributed by atoms with Crippen LogP contribution in [0.2, 0.25) is 0 Å². The van der Waals surface area contributed by atoms with Gasteiger partial charge < -0.3 is 10.6 Å². The Balaban J connectivity index is 1.56. The Bertz CT molecular complexity index is 1380. The second-order valence-electron chi connectivity index (χ2n) is 8.40. The van der Waals surface area contributed by atoms with Crippen LogP contribution in [-0.2, 0) is 9.59 Å². The van der Waals surface area contributed by atoms with Crippen LogP contribution in [0.15, 0.2) is 71.4 Å². The molecule has 1 aliphatic heterocycles. The number of amides is 3. The Kier molecular flexibility index (Phi) is 6.26. The Hall–Kier alpha value is -3.90. The molecular formula is C27H24ClN3O3. The summed E-state index contributed by atoms with van der Waals surface area (Å²) < 4.78 is 0. The highest BCUT2D eigenvalue weighted by Gasteiger charge is 2.39. The van der Waals surface area contributed by atoms with E-state index in [0.717, 1.165) is 32.8 Å². The van der Waals surface area contributed by atoms with Crippen molar-refractivity contribution in [2.24, 2.45) is 0 Å². The van der Waals surface area contributed by atoms with Crippen molar-refractivity contribution in [3.63, 3.8) is 0 Å². The highest BCUT2D eigenvalue weighted by atomic mass is 35.5. The molecule has 0 radical (unpaired) electrons. The average Bonchev–Trinajstić information content (AvgIpc) is 3.00. The lowest BCUT2D eigenvalue weighted by Crippen LogP contribution is -2.33. The number of nitrogens with one attached hydrogen (secondary N) is 2. The molecule has 34 heavy (non-hydrogen) atoms. The first-order valence-corrected chi connectivity index (χ1v) is 11.1. The lowest BCUT2D eigenvalue weighted by molar-refractivity contribution is -0.120. The minimum Gasteiger partial charge on any atom is -0.350 e. The van der Waals surface area contributed by atoms with Crippen LogP contribution >= 0.6 is 11.6 Å². The molecule has 0 saturated carbocycles. The molecule has 0 aliphatic carbocycles. The van der Waals surface area contributed by atoms with Gasteiger partial charge in [-0.25, -0.2) is 4.90 Å². The molecule has 3 aromatic rings. The molecule has 2 N–H and O–H groups in total. The fourth-order valence-corrected chi connectivity index (χ4v) is 4.03. The summed E-state index contributed by atoms with van der Waals surface area (Å²) in [6.45, 7) is 7.63. The predicted octanol–water partition coefficient (Wildman–Crippen LogP) is 5.61. The third-order valence-electron chi connectivity index (χ3n) is 5.66. The largest absolute Gasteiger partial charge is 0.350 e. The van der Waals surface area contributed by atoms with E-state index >= 15 is 0 Å². The molecule has 1 heterocycles. The van der Waals surface area contributed by atoms with Crippen molar-refractivity contribution in [2.45, 2.75) is 27.7 Å². The number of rotatable bonds is 5. The molecule has 0 bridgehead atoms. The summed E-state index contributed by atoms with van der Waals surface area (Å²) in [4.78, 5) is 39.9. The van der Waals surface area contributed by atoms with Gasteiger partial charge in [-0.2, -0.15) is 0 Å². The molecule has 3 aromatic carbocycles. The van der Waals surface area contributed by atoms with Crippen molar-refractivity contribution in [1.82, 2.24) is 0 Å². The highest BCUT2D eigenvalue weighted by molar-refractivity contribution is 6.53. The van der Waals surface area contributed by atoms with Crippen LogP contribution < -0.4 is 15.5 Å². The van der Waals surface area contributed by atoms with E-state index in [0.29, 0.717) is 16.9 Å². The van der Waals surface area contributed by atoms with E-state index in [2.05, 4.69) is 10.6 Å². The monoisotopic (exact) mass is 473 g/mol. The minimum atomic E-state index is -0.591. The van der Waals surface area contributed by atoms with Gasteiger partial charge in [0.2, 0.25) is 0 Å². The van der Waals surface area contributed by atoms with Crippen LogP contribution in [0.5, 0.6) is 0 Å². The van der Waals surface area contributed by atoms with Crippen LogP contribution in [0.3, 0.4) is 0 Å². The smallest absolute Gasteiger partial charge is 0.283 e. The zero-order chi connectivity index (χ0) is 24.6. The van der Waals surface area contributed by atoms with Crippen LogP contribution in [0.4, 0.5) is 17.1 Å². The molecule has 0 fully saturated rings. The van der Waals surface area contributed by atoms with Crippen molar-refractivity contribution in [3.05, 3.63) is 99.2 Å². The maximum atomic E-state index is 13.1. The molecule has 6 nitrogen and oxygen atoms in total. The third kappa shape index (κ3) is 4.45. The summed E-state index contributed by atoms with van der Waals surface area (Å²) in [5.41, 5.74) is 5.81. The maximum Gasteiger partial charge on any atom is 0.283 e. The van der Waals surface area contributed by atoms with E-state index in [4.69, 9.17) is 11.6 Å². The van der Waals surface area contributed by atoms with Crippen molar-refractivity contribution in [2.75, 3.05) is 15.5 Å². The lowest BCUT2D eigenvalue weighted by Gasteiger charge is -2.18. The van der Waals surface area contributed by atoms with Gasteiger partial charge in [-0.1, -0.05) is 47.5 Å². The molecule has 0 unspecified atom stereocenters. The first-order chi connectivity index (χ1) is 16.2. The van der Waals surface area contributed by atoms with Crippen LogP contribution in [-0.4, -0.2) is 17.7 Å². The van der Waals surface area contributed by atoms with Gasteiger partial charge in [0.25, 0.3) is 17.7 Å². The SMILES string of the molecule is Cc1ccc(NC(=O)c2cccc(NC3=C(Cl)C(=O)N(c4cc(C)ccc4C)C3=O)c2)c(C)c1. The van der Waals surface area contributed by atoms with E-state index in [-0.39, 0.29) is 16.6 Å². The summed E-state index contributed by atoms with van der Waals surface area (Å²) in [5, 5.41) is 5.65. The first kappa shape index (κ1) is 23.3. The van der Waals surface area contributed by atoms with Crippen LogP contribution in [0.1, 0.15) is 32.6 Å². The molecular weight excluding hydrogens is 450 g/mol.